The fraction of sp³-hybridized carbons (Fsp3) is 0. The summed E-state index contributed by atoms with van der Waals surface area (Å²) in [5.74, 6) is -1.32. The lowest BCUT2D eigenvalue weighted by Crippen LogP contribution is -2.15. The molecule has 0 atom stereocenters. The molecule has 21 heavy (non-hydrogen) atoms. The number of halogens is 2. The van der Waals surface area contributed by atoms with Crippen LogP contribution in [0.5, 0.6) is 0 Å². The molecular formula is C13H10BrFN2O3S. The Bertz CT molecular complexity index is 792. The monoisotopic (exact) mass is 372 g/mol. The first-order chi connectivity index (χ1) is 9.77. The number of carbonyl (C=O) groups is 1. The summed E-state index contributed by atoms with van der Waals surface area (Å²) in [6.07, 6.45) is 0. The second-order valence-electron chi connectivity index (χ2n) is 4.15. The highest BCUT2D eigenvalue weighted by atomic mass is 79.9. The molecule has 0 spiro atoms. The third kappa shape index (κ3) is 3.87. The van der Waals surface area contributed by atoms with Crippen molar-refractivity contribution < 1.29 is 17.6 Å². The van der Waals surface area contributed by atoms with Crippen LogP contribution in [-0.4, -0.2) is 14.3 Å². The van der Waals surface area contributed by atoms with E-state index in [0.29, 0.717) is 5.56 Å². The topological polar surface area (TPSA) is 89.3 Å². The molecule has 1 amide bonds. The maximum absolute atomic E-state index is 13.6. The van der Waals surface area contributed by atoms with Gasteiger partial charge in [-0.1, -0.05) is 15.9 Å². The van der Waals surface area contributed by atoms with Crippen LogP contribution >= 0.6 is 15.9 Å². The Morgan fingerprint density at radius 2 is 1.76 bits per heavy atom. The number of primary sulfonamides is 1. The molecule has 0 saturated carbocycles. The van der Waals surface area contributed by atoms with Gasteiger partial charge in [0.05, 0.1) is 10.6 Å². The fourth-order valence-electron chi connectivity index (χ4n) is 1.57. The molecule has 0 heterocycles. The SMILES string of the molecule is NS(=O)(=O)c1ccc(F)c(NC(=O)c2ccc(Br)cc2)c1. The molecule has 0 fully saturated rings. The van der Waals surface area contributed by atoms with E-state index in [4.69, 9.17) is 5.14 Å². The molecule has 3 N–H and O–H groups in total. The summed E-state index contributed by atoms with van der Waals surface area (Å²) in [6.45, 7) is 0. The van der Waals surface area contributed by atoms with Gasteiger partial charge in [0, 0.05) is 10.0 Å². The van der Waals surface area contributed by atoms with Gasteiger partial charge in [-0.05, 0) is 42.5 Å². The van der Waals surface area contributed by atoms with E-state index in [1.54, 1.807) is 24.3 Å². The van der Waals surface area contributed by atoms with Crippen molar-refractivity contribution in [1.29, 1.82) is 0 Å². The van der Waals surface area contributed by atoms with Gasteiger partial charge in [-0.3, -0.25) is 4.79 Å². The molecule has 0 aromatic heterocycles. The van der Waals surface area contributed by atoms with Gasteiger partial charge in [-0.2, -0.15) is 0 Å². The normalized spacial score (nSPS) is 11.2. The highest BCUT2D eigenvalue weighted by molar-refractivity contribution is 9.10. The zero-order valence-corrected chi connectivity index (χ0v) is 12.9. The lowest BCUT2D eigenvalue weighted by molar-refractivity contribution is 0.102. The summed E-state index contributed by atoms with van der Waals surface area (Å²) in [6, 6.07) is 9.33. The number of benzene rings is 2. The first-order valence-electron chi connectivity index (χ1n) is 5.66. The molecule has 0 unspecified atom stereocenters. The van der Waals surface area contributed by atoms with Crippen molar-refractivity contribution in [3.63, 3.8) is 0 Å². The second kappa shape index (κ2) is 5.92. The number of rotatable bonds is 3. The van der Waals surface area contributed by atoms with E-state index >= 15 is 0 Å². The molecule has 0 aliphatic heterocycles. The minimum absolute atomic E-state index is 0.255. The standard InChI is InChI=1S/C13H10BrFN2O3S/c14-9-3-1-8(2-4-9)13(18)17-12-7-10(21(16,19)20)5-6-11(12)15/h1-7H,(H,17,18)(H2,16,19,20). The molecule has 2 aromatic carbocycles. The Morgan fingerprint density at radius 3 is 2.33 bits per heavy atom. The van der Waals surface area contributed by atoms with Crippen molar-refractivity contribution in [1.82, 2.24) is 0 Å². The Balaban J connectivity index is 2.31. The van der Waals surface area contributed by atoms with Gasteiger partial charge in [0.1, 0.15) is 5.82 Å². The number of nitrogens with one attached hydrogen (secondary N) is 1. The molecule has 0 bridgehead atoms. The largest absolute Gasteiger partial charge is 0.319 e. The van der Waals surface area contributed by atoms with E-state index in [1.165, 1.54) is 0 Å². The molecule has 0 aliphatic rings. The maximum Gasteiger partial charge on any atom is 0.255 e. The van der Waals surface area contributed by atoms with Gasteiger partial charge >= 0.3 is 0 Å². The van der Waals surface area contributed by atoms with Gasteiger partial charge in [0.15, 0.2) is 0 Å². The predicted molar refractivity (Wildman–Crippen MR) is 79.9 cm³/mol. The summed E-state index contributed by atoms with van der Waals surface area (Å²) in [7, 11) is -3.97. The third-order valence-corrected chi connectivity index (χ3v) is 4.06. The second-order valence-corrected chi connectivity index (χ2v) is 6.62. The van der Waals surface area contributed by atoms with Gasteiger partial charge in [0.25, 0.3) is 5.91 Å². The van der Waals surface area contributed by atoms with Crippen LogP contribution in [0.25, 0.3) is 0 Å². The zero-order valence-electron chi connectivity index (χ0n) is 10.5. The first kappa shape index (κ1) is 15.6. The van der Waals surface area contributed by atoms with Gasteiger partial charge in [-0.15, -0.1) is 0 Å². The average Bonchev–Trinajstić information content (AvgIpc) is 2.40. The van der Waals surface area contributed by atoms with Crippen molar-refractivity contribution in [2.45, 2.75) is 4.90 Å². The molecule has 2 rings (SSSR count). The van der Waals surface area contributed by atoms with Crippen LogP contribution in [0.15, 0.2) is 51.8 Å². The molecule has 0 radical (unpaired) electrons. The quantitative estimate of drug-likeness (QED) is 0.866. The Hall–Kier alpha value is -1.77. The molecule has 0 saturated heterocycles. The third-order valence-electron chi connectivity index (χ3n) is 2.62. The number of sulfonamides is 1. The minimum atomic E-state index is -3.97. The van der Waals surface area contributed by atoms with Gasteiger partial charge in [0.2, 0.25) is 10.0 Å². The molecule has 8 heteroatoms. The Morgan fingerprint density at radius 1 is 1.14 bits per heavy atom. The van der Waals surface area contributed by atoms with E-state index in [9.17, 15) is 17.6 Å². The highest BCUT2D eigenvalue weighted by Crippen LogP contribution is 2.20. The van der Waals surface area contributed by atoms with E-state index in [1.807, 2.05) is 0 Å². The summed E-state index contributed by atoms with van der Waals surface area (Å²) >= 11 is 3.23. The van der Waals surface area contributed by atoms with E-state index < -0.39 is 21.7 Å². The lowest BCUT2D eigenvalue weighted by atomic mass is 10.2. The minimum Gasteiger partial charge on any atom is -0.319 e. The molecule has 110 valence electrons. The maximum atomic E-state index is 13.6. The van der Waals surface area contributed by atoms with Crippen LogP contribution in [0.2, 0.25) is 0 Å². The number of carbonyl (C=O) groups excluding carboxylic acids is 1. The number of amides is 1. The van der Waals surface area contributed by atoms with Crippen molar-refractivity contribution in [2.24, 2.45) is 5.14 Å². The van der Waals surface area contributed by atoms with Crippen LogP contribution in [0.1, 0.15) is 10.4 Å². The van der Waals surface area contributed by atoms with Crippen LogP contribution in [-0.2, 0) is 10.0 Å². The number of nitrogens with two attached hydrogens (primary N) is 1. The predicted octanol–water partition coefficient (Wildman–Crippen LogP) is 2.49. The van der Waals surface area contributed by atoms with Crippen molar-refractivity contribution in [3.8, 4) is 0 Å². The summed E-state index contributed by atoms with van der Waals surface area (Å²) in [4.78, 5) is 11.7. The molecule has 5 nitrogen and oxygen atoms in total. The average molecular weight is 373 g/mol. The van der Waals surface area contributed by atoms with Crippen LogP contribution in [0.3, 0.4) is 0 Å². The summed E-state index contributed by atoms with van der Waals surface area (Å²) in [5, 5.41) is 7.28. The van der Waals surface area contributed by atoms with Crippen molar-refractivity contribution >= 4 is 37.5 Å². The van der Waals surface area contributed by atoms with E-state index in [2.05, 4.69) is 21.2 Å². The number of hydrogen-bond donors (Lipinski definition) is 2. The lowest BCUT2D eigenvalue weighted by Gasteiger charge is -2.08. The smallest absolute Gasteiger partial charge is 0.255 e. The highest BCUT2D eigenvalue weighted by Gasteiger charge is 2.14. The van der Waals surface area contributed by atoms with Gasteiger partial charge in [-0.25, -0.2) is 17.9 Å². The summed E-state index contributed by atoms with van der Waals surface area (Å²) in [5.41, 5.74) is 0.0491. The number of hydrogen-bond acceptors (Lipinski definition) is 3. The fourth-order valence-corrected chi connectivity index (χ4v) is 2.38. The molecule has 0 aliphatic carbocycles. The van der Waals surface area contributed by atoms with Crippen molar-refractivity contribution in [3.05, 3.63) is 58.3 Å². The van der Waals surface area contributed by atoms with E-state index in [-0.39, 0.29) is 10.6 Å². The van der Waals surface area contributed by atoms with Crippen LogP contribution in [0.4, 0.5) is 10.1 Å². The zero-order chi connectivity index (χ0) is 15.6. The van der Waals surface area contributed by atoms with Gasteiger partial charge < -0.3 is 5.32 Å². The molecular weight excluding hydrogens is 363 g/mol. The molecule has 2 aromatic rings. The van der Waals surface area contributed by atoms with Crippen molar-refractivity contribution in [2.75, 3.05) is 5.32 Å². The van der Waals surface area contributed by atoms with Crippen LogP contribution < -0.4 is 10.5 Å². The first-order valence-corrected chi connectivity index (χ1v) is 8.00. The number of anilines is 1. The van der Waals surface area contributed by atoms with E-state index in [0.717, 1.165) is 22.7 Å². The summed E-state index contributed by atoms with van der Waals surface area (Å²) < 4.78 is 36.9. The Labute approximate surface area is 129 Å². The Kier molecular flexibility index (Phi) is 4.40. The van der Waals surface area contributed by atoms with Crippen LogP contribution in [0, 0.1) is 5.82 Å².